The number of nitrogens with one attached hydrogen (secondary N) is 4. The minimum atomic E-state index is -4.64. The number of nitrogens with zero attached hydrogens (tertiary/aromatic N) is 4. The number of H-pyrrole nitrogens is 1. The number of anilines is 4. The molecule has 0 aliphatic rings. The minimum Gasteiger partial charge on any atom is -0.325 e. The standard InChI is InChI=1S/C23H20ClF3N8OS/c1-12-7-18(32-20-10-21(37-2)35-34-20)31-19(29-12)8-13-3-6-17(28-11-13)33-22(36)30-14-4-5-16(24)15(9-14)23(25,26)27/h3-7,9-11H,8H2,1-2H3,(H2,28,30,33,36)(H2,29,31,32,34,35). The van der Waals surface area contributed by atoms with Crippen LogP contribution in [0.3, 0.4) is 0 Å². The van der Waals surface area contributed by atoms with E-state index in [9.17, 15) is 18.0 Å². The van der Waals surface area contributed by atoms with E-state index in [1.54, 1.807) is 18.3 Å². The highest BCUT2D eigenvalue weighted by molar-refractivity contribution is 7.98. The Kier molecular flexibility index (Phi) is 7.83. The van der Waals surface area contributed by atoms with E-state index in [0.29, 0.717) is 23.9 Å². The van der Waals surface area contributed by atoms with Crippen molar-refractivity contribution in [3.63, 3.8) is 0 Å². The van der Waals surface area contributed by atoms with Crippen LogP contribution in [0.15, 0.2) is 53.7 Å². The summed E-state index contributed by atoms with van der Waals surface area (Å²) in [5.41, 5.74) is 0.462. The van der Waals surface area contributed by atoms with Crippen LogP contribution in [-0.2, 0) is 12.6 Å². The van der Waals surface area contributed by atoms with Gasteiger partial charge in [0.1, 0.15) is 28.3 Å². The van der Waals surface area contributed by atoms with Crippen molar-refractivity contribution in [2.24, 2.45) is 0 Å². The maximum Gasteiger partial charge on any atom is 0.417 e. The van der Waals surface area contributed by atoms with Crippen LogP contribution in [0, 0.1) is 6.92 Å². The van der Waals surface area contributed by atoms with Crippen LogP contribution < -0.4 is 16.0 Å². The second kappa shape index (κ2) is 11.0. The number of halogens is 4. The van der Waals surface area contributed by atoms with Crippen molar-refractivity contribution < 1.29 is 18.0 Å². The van der Waals surface area contributed by atoms with Crippen LogP contribution in [0.5, 0.6) is 0 Å². The second-order valence-electron chi connectivity index (χ2n) is 7.76. The highest BCUT2D eigenvalue weighted by Gasteiger charge is 2.33. The third-order valence-electron chi connectivity index (χ3n) is 4.88. The lowest BCUT2D eigenvalue weighted by Gasteiger charge is -2.12. The maximum absolute atomic E-state index is 13.0. The number of urea groups is 1. The molecule has 0 bridgehead atoms. The zero-order valence-corrected chi connectivity index (χ0v) is 21.0. The monoisotopic (exact) mass is 548 g/mol. The number of aryl methyl sites for hydroxylation is 1. The van der Waals surface area contributed by atoms with E-state index in [1.807, 2.05) is 25.3 Å². The zero-order chi connectivity index (χ0) is 26.6. The Labute approximate surface area is 218 Å². The van der Waals surface area contributed by atoms with E-state index in [1.165, 1.54) is 17.8 Å². The summed E-state index contributed by atoms with van der Waals surface area (Å²) in [6.45, 7) is 1.86. The number of hydrogen-bond acceptors (Lipinski definition) is 7. The quantitative estimate of drug-likeness (QED) is 0.201. The number of benzene rings is 1. The van der Waals surface area contributed by atoms with Gasteiger partial charge in [-0.05, 0) is 43.0 Å². The van der Waals surface area contributed by atoms with E-state index in [4.69, 9.17) is 11.6 Å². The summed E-state index contributed by atoms with van der Waals surface area (Å²) in [7, 11) is 0. The highest BCUT2D eigenvalue weighted by atomic mass is 35.5. The molecule has 192 valence electrons. The number of pyridine rings is 1. The van der Waals surface area contributed by atoms with E-state index in [0.717, 1.165) is 28.4 Å². The lowest BCUT2D eigenvalue weighted by atomic mass is 10.2. The highest BCUT2D eigenvalue weighted by Crippen LogP contribution is 2.36. The molecule has 14 heteroatoms. The molecule has 37 heavy (non-hydrogen) atoms. The summed E-state index contributed by atoms with van der Waals surface area (Å²) < 4.78 is 39.1. The number of aromatic nitrogens is 5. The molecule has 0 spiro atoms. The first-order valence-electron chi connectivity index (χ1n) is 10.7. The molecule has 0 saturated carbocycles. The molecule has 0 radical (unpaired) electrons. The summed E-state index contributed by atoms with van der Waals surface area (Å²) in [4.78, 5) is 25.4. The lowest BCUT2D eigenvalue weighted by molar-refractivity contribution is -0.137. The molecule has 0 saturated heterocycles. The Balaban J connectivity index is 1.38. The Hall–Kier alpha value is -3.84. The first kappa shape index (κ1) is 26.2. The molecule has 0 aliphatic carbocycles. The molecule has 0 fully saturated rings. The fourth-order valence-corrected chi connectivity index (χ4v) is 3.86. The van der Waals surface area contributed by atoms with Gasteiger partial charge in [0, 0.05) is 36.1 Å². The molecule has 0 aliphatic heterocycles. The largest absolute Gasteiger partial charge is 0.417 e. The summed E-state index contributed by atoms with van der Waals surface area (Å²) in [5, 5.41) is 15.4. The Morgan fingerprint density at radius 2 is 1.89 bits per heavy atom. The third-order valence-corrected chi connectivity index (χ3v) is 5.84. The van der Waals surface area contributed by atoms with Gasteiger partial charge in [-0.1, -0.05) is 17.7 Å². The number of thioether (sulfide) groups is 1. The maximum atomic E-state index is 13.0. The predicted molar refractivity (Wildman–Crippen MR) is 137 cm³/mol. The summed E-state index contributed by atoms with van der Waals surface area (Å²) in [6.07, 6.45) is -0.768. The smallest absolute Gasteiger partial charge is 0.325 e. The summed E-state index contributed by atoms with van der Waals surface area (Å²) in [6, 6.07) is 9.34. The molecular formula is C23H20ClF3N8OS. The van der Waals surface area contributed by atoms with Crippen LogP contribution >= 0.6 is 23.4 Å². The summed E-state index contributed by atoms with van der Waals surface area (Å²) >= 11 is 7.12. The van der Waals surface area contributed by atoms with E-state index in [-0.39, 0.29) is 11.5 Å². The lowest BCUT2D eigenvalue weighted by Crippen LogP contribution is -2.20. The Morgan fingerprint density at radius 1 is 1.08 bits per heavy atom. The fourth-order valence-electron chi connectivity index (χ4n) is 3.27. The number of aromatic amines is 1. The van der Waals surface area contributed by atoms with Gasteiger partial charge in [0.15, 0.2) is 0 Å². The van der Waals surface area contributed by atoms with Crippen LogP contribution in [-0.4, -0.2) is 37.4 Å². The molecular weight excluding hydrogens is 529 g/mol. The van der Waals surface area contributed by atoms with Crippen molar-refractivity contribution >= 4 is 52.5 Å². The van der Waals surface area contributed by atoms with Gasteiger partial charge in [-0.15, -0.1) is 11.8 Å². The van der Waals surface area contributed by atoms with Gasteiger partial charge in [0.05, 0.1) is 10.6 Å². The Morgan fingerprint density at radius 3 is 2.57 bits per heavy atom. The minimum absolute atomic E-state index is 0.0633. The molecule has 9 nitrogen and oxygen atoms in total. The molecule has 4 N–H and O–H groups in total. The van der Waals surface area contributed by atoms with Crippen LogP contribution in [0.2, 0.25) is 5.02 Å². The number of amides is 2. The number of alkyl halides is 3. The van der Waals surface area contributed by atoms with Gasteiger partial charge in [-0.3, -0.25) is 10.4 Å². The third kappa shape index (κ3) is 7.11. The van der Waals surface area contributed by atoms with Crippen molar-refractivity contribution in [2.75, 3.05) is 22.2 Å². The predicted octanol–water partition coefficient (Wildman–Crippen LogP) is 6.28. The molecule has 4 rings (SSSR count). The molecule has 4 aromatic rings. The van der Waals surface area contributed by atoms with Crippen LogP contribution in [0.1, 0.15) is 22.6 Å². The molecule has 0 unspecified atom stereocenters. The van der Waals surface area contributed by atoms with E-state index in [2.05, 4.69) is 41.1 Å². The van der Waals surface area contributed by atoms with Gasteiger partial charge in [-0.2, -0.15) is 18.3 Å². The average Bonchev–Trinajstić information content (AvgIpc) is 3.28. The topological polar surface area (TPSA) is 121 Å². The number of hydrogen-bond donors (Lipinski definition) is 4. The van der Waals surface area contributed by atoms with Crippen molar-refractivity contribution in [1.29, 1.82) is 0 Å². The first-order chi connectivity index (χ1) is 17.6. The fraction of sp³-hybridized carbons (Fsp3) is 0.174. The van der Waals surface area contributed by atoms with Crippen LogP contribution in [0.4, 0.5) is 41.1 Å². The molecule has 1 aromatic carbocycles. The van der Waals surface area contributed by atoms with Crippen molar-refractivity contribution in [2.45, 2.75) is 24.5 Å². The molecule has 3 aromatic heterocycles. The first-order valence-corrected chi connectivity index (χ1v) is 12.3. The number of carbonyl (C=O) groups is 1. The van der Waals surface area contributed by atoms with Gasteiger partial charge in [0.2, 0.25) is 0 Å². The van der Waals surface area contributed by atoms with Crippen molar-refractivity contribution in [3.8, 4) is 0 Å². The van der Waals surface area contributed by atoms with E-state index < -0.39 is 22.8 Å². The molecule has 3 heterocycles. The van der Waals surface area contributed by atoms with E-state index >= 15 is 0 Å². The van der Waals surface area contributed by atoms with Crippen molar-refractivity contribution in [3.05, 3.63) is 76.3 Å². The van der Waals surface area contributed by atoms with Gasteiger partial charge >= 0.3 is 12.2 Å². The van der Waals surface area contributed by atoms with Gasteiger partial charge in [-0.25, -0.2) is 19.7 Å². The molecule has 2 amide bonds. The summed E-state index contributed by atoms with van der Waals surface area (Å²) in [5.74, 6) is 2.09. The van der Waals surface area contributed by atoms with Gasteiger partial charge < -0.3 is 10.6 Å². The van der Waals surface area contributed by atoms with Crippen LogP contribution in [0.25, 0.3) is 0 Å². The van der Waals surface area contributed by atoms with Crippen molar-refractivity contribution in [1.82, 2.24) is 25.1 Å². The number of carbonyl (C=O) groups excluding carboxylic acids is 1. The second-order valence-corrected chi connectivity index (χ2v) is 8.99. The number of rotatable bonds is 7. The molecule has 0 atom stereocenters. The van der Waals surface area contributed by atoms with Gasteiger partial charge in [0.25, 0.3) is 0 Å². The normalized spacial score (nSPS) is 11.3. The Bertz CT molecular complexity index is 1410. The SMILES string of the molecule is CSc1cc(Nc2cc(C)nc(Cc3ccc(NC(=O)Nc4ccc(Cl)c(C(F)(F)F)c4)nc3)n2)[nH]n1. The average molecular weight is 549 g/mol. The zero-order valence-electron chi connectivity index (χ0n) is 19.4.